The minimum absolute atomic E-state index is 0.0546. The summed E-state index contributed by atoms with van der Waals surface area (Å²) in [6.07, 6.45) is 0.720. The second kappa shape index (κ2) is 7.14. The van der Waals surface area contributed by atoms with E-state index in [4.69, 9.17) is 9.47 Å². The third kappa shape index (κ3) is 3.46. The van der Waals surface area contributed by atoms with E-state index >= 15 is 0 Å². The van der Waals surface area contributed by atoms with Gasteiger partial charge in [0.15, 0.2) is 11.5 Å². The Balaban J connectivity index is 1.63. The number of nitrogens with one attached hydrogen (secondary N) is 1. The number of methoxy groups -OCH3 is 2. The first-order valence-corrected chi connectivity index (χ1v) is 8.77. The van der Waals surface area contributed by atoms with E-state index < -0.39 is 0 Å². The van der Waals surface area contributed by atoms with Gasteiger partial charge in [0.1, 0.15) is 4.83 Å². The van der Waals surface area contributed by atoms with Gasteiger partial charge in [-0.1, -0.05) is 6.07 Å². The van der Waals surface area contributed by atoms with E-state index in [0.717, 1.165) is 27.9 Å². The van der Waals surface area contributed by atoms with Gasteiger partial charge in [-0.15, -0.1) is 11.3 Å². The summed E-state index contributed by atoms with van der Waals surface area (Å²) >= 11 is 1.46. The van der Waals surface area contributed by atoms with Crippen molar-refractivity contribution in [1.82, 2.24) is 15.1 Å². The van der Waals surface area contributed by atoms with Gasteiger partial charge in [-0.2, -0.15) is 5.10 Å². The Morgan fingerprint density at radius 3 is 2.68 bits per heavy atom. The molecule has 2 heterocycles. The third-order valence-corrected chi connectivity index (χ3v) is 5.27. The number of benzene rings is 1. The fourth-order valence-electron chi connectivity index (χ4n) is 2.76. The van der Waals surface area contributed by atoms with Crippen LogP contribution in [0.4, 0.5) is 0 Å². The highest BCUT2D eigenvalue weighted by atomic mass is 32.1. The molecule has 0 aliphatic rings. The lowest BCUT2D eigenvalue weighted by Gasteiger charge is -2.10. The summed E-state index contributed by atoms with van der Waals surface area (Å²) in [6.45, 7) is 2.51. The summed E-state index contributed by atoms with van der Waals surface area (Å²) < 4.78 is 12.3. The van der Waals surface area contributed by atoms with Crippen molar-refractivity contribution < 1.29 is 14.3 Å². The normalized spacial score (nSPS) is 10.9. The first-order valence-electron chi connectivity index (χ1n) is 7.95. The predicted octanol–water partition coefficient (Wildman–Crippen LogP) is 2.93. The summed E-state index contributed by atoms with van der Waals surface area (Å²) in [5.41, 5.74) is 2.02. The topological polar surface area (TPSA) is 65.4 Å². The van der Waals surface area contributed by atoms with Crippen LogP contribution in [0.15, 0.2) is 24.3 Å². The van der Waals surface area contributed by atoms with E-state index in [1.165, 1.54) is 11.3 Å². The van der Waals surface area contributed by atoms with Gasteiger partial charge in [0.05, 0.1) is 24.8 Å². The number of aryl methyl sites for hydroxylation is 2. The monoisotopic (exact) mass is 359 g/mol. The molecular weight excluding hydrogens is 338 g/mol. The van der Waals surface area contributed by atoms with Crippen molar-refractivity contribution >= 4 is 27.5 Å². The molecule has 25 heavy (non-hydrogen) atoms. The van der Waals surface area contributed by atoms with Crippen LogP contribution in [0.25, 0.3) is 10.2 Å². The lowest BCUT2D eigenvalue weighted by molar-refractivity contribution is 0.0958. The number of thiophene rings is 1. The lowest BCUT2D eigenvalue weighted by Crippen LogP contribution is -2.24. The fourth-order valence-corrected chi connectivity index (χ4v) is 3.80. The number of aromatic nitrogens is 2. The van der Waals surface area contributed by atoms with Crippen LogP contribution >= 0.6 is 11.3 Å². The third-order valence-electron chi connectivity index (χ3n) is 4.07. The van der Waals surface area contributed by atoms with Gasteiger partial charge < -0.3 is 14.8 Å². The summed E-state index contributed by atoms with van der Waals surface area (Å²) in [5, 5.41) is 8.37. The maximum atomic E-state index is 12.4. The SMILES string of the molecule is COc1ccc(CCNC(=O)c2cc3c(C)nn(C)c3s2)cc1OC. The molecule has 0 aliphatic carbocycles. The molecule has 0 fully saturated rings. The van der Waals surface area contributed by atoms with E-state index in [1.807, 2.05) is 42.9 Å². The maximum absolute atomic E-state index is 12.4. The molecule has 7 heteroatoms. The number of nitrogens with zero attached hydrogens (tertiary/aromatic N) is 2. The van der Waals surface area contributed by atoms with E-state index in [9.17, 15) is 4.79 Å². The van der Waals surface area contributed by atoms with E-state index in [2.05, 4.69) is 10.4 Å². The summed E-state index contributed by atoms with van der Waals surface area (Å²) in [4.78, 5) is 14.1. The number of rotatable bonds is 6. The number of ether oxygens (including phenoxy) is 2. The van der Waals surface area contributed by atoms with Gasteiger partial charge in [-0.3, -0.25) is 9.48 Å². The molecule has 0 aliphatic heterocycles. The van der Waals surface area contributed by atoms with E-state index in [-0.39, 0.29) is 5.91 Å². The highest BCUT2D eigenvalue weighted by Gasteiger charge is 2.14. The minimum atomic E-state index is -0.0546. The molecule has 1 amide bonds. The van der Waals surface area contributed by atoms with E-state index in [0.29, 0.717) is 22.9 Å². The number of fused-ring (bicyclic) bond motifs is 1. The molecule has 0 radical (unpaired) electrons. The Labute approximate surface area is 150 Å². The van der Waals surface area contributed by atoms with Crippen molar-refractivity contribution in [3.8, 4) is 11.5 Å². The van der Waals surface area contributed by atoms with Crippen LogP contribution in [-0.2, 0) is 13.5 Å². The first kappa shape index (κ1) is 17.3. The van der Waals surface area contributed by atoms with Crippen LogP contribution in [0.1, 0.15) is 20.9 Å². The molecule has 1 aromatic carbocycles. The zero-order valence-electron chi connectivity index (χ0n) is 14.8. The molecular formula is C18H21N3O3S. The Morgan fingerprint density at radius 1 is 1.24 bits per heavy atom. The first-order chi connectivity index (χ1) is 12.0. The van der Waals surface area contributed by atoms with Crippen LogP contribution in [0.2, 0.25) is 0 Å². The Morgan fingerprint density at radius 2 is 2.00 bits per heavy atom. The van der Waals surface area contributed by atoms with Gasteiger partial charge in [0.25, 0.3) is 5.91 Å². The van der Waals surface area contributed by atoms with Crippen molar-refractivity contribution in [2.45, 2.75) is 13.3 Å². The zero-order valence-corrected chi connectivity index (χ0v) is 15.6. The molecule has 1 N–H and O–H groups in total. The van der Waals surface area contributed by atoms with Gasteiger partial charge in [-0.25, -0.2) is 0 Å². The molecule has 2 aromatic heterocycles. The molecule has 0 saturated carbocycles. The van der Waals surface area contributed by atoms with Crippen molar-refractivity contribution in [3.63, 3.8) is 0 Å². The molecule has 0 atom stereocenters. The molecule has 3 aromatic rings. The number of carbonyl (C=O) groups excluding carboxylic acids is 1. The average molecular weight is 359 g/mol. The number of carbonyl (C=O) groups is 1. The lowest BCUT2D eigenvalue weighted by atomic mass is 10.1. The van der Waals surface area contributed by atoms with Crippen LogP contribution in [0, 0.1) is 6.92 Å². The Bertz CT molecular complexity index is 879. The smallest absolute Gasteiger partial charge is 0.261 e. The van der Waals surface area contributed by atoms with Crippen LogP contribution in [-0.4, -0.2) is 36.5 Å². The standard InChI is InChI=1S/C18H21N3O3S/c1-11-13-10-16(25-18(13)21(2)20-11)17(22)19-8-7-12-5-6-14(23-3)15(9-12)24-4/h5-6,9-10H,7-8H2,1-4H3,(H,19,22). The van der Waals surface area contributed by atoms with Gasteiger partial charge >= 0.3 is 0 Å². The van der Waals surface area contributed by atoms with Crippen LogP contribution in [0.3, 0.4) is 0 Å². The van der Waals surface area contributed by atoms with Crippen LogP contribution in [0.5, 0.6) is 11.5 Å². The number of hydrogen-bond donors (Lipinski definition) is 1. The molecule has 0 saturated heterocycles. The van der Waals surface area contributed by atoms with Crippen molar-refractivity contribution in [2.24, 2.45) is 7.05 Å². The zero-order chi connectivity index (χ0) is 18.0. The molecule has 132 valence electrons. The molecule has 0 spiro atoms. The fraction of sp³-hybridized carbons (Fsp3) is 0.333. The molecule has 0 bridgehead atoms. The average Bonchev–Trinajstić information content (AvgIpc) is 3.16. The molecule has 6 nitrogen and oxygen atoms in total. The van der Waals surface area contributed by atoms with Crippen molar-refractivity contribution in [2.75, 3.05) is 20.8 Å². The molecule has 0 unspecified atom stereocenters. The highest BCUT2D eigenvalue weighted by Crippen LogP contribution is 2.28. The minimum Gasteiger partial charge on any atom is -0.493 e. The Kier molecular flexibility index (Phi) is 4.94. The number of hydrogen-bond acceptors (Lipinski definition) is 5. The quantitative estimate of drug-likeness (QED) is 0.735. The largest absolute Gasteiger partial charge is 0.493 e. The summed E-state index contributed by atoms with van der Waals surface area (Å²) in [7, 11) is 5.12. The maximum Gasteiger partial charge on any atom is 0.261 e. The second-order valence-electron chi connectivity index (χ2n) is 5.73. The Hall–Kier alpha value is -2.54. The van der Waals surface area contributed by atoms with Crippen molar-refractivity contribution in [1.29, 1.82) is 0 Å². The summed E-state index contributed by atoms with van der Waals surface area (Å²) in [6, 6.07) is 7.69. The van der Waals surface area contributed by atoms with Gasteiger partial charge in [0, 0.05) is 19.0 Å². The summed E-state index contributed by atoms with van der Waals surface area (Å²) in [5.74, 6) is 1.34. The van der Waals surface area contributed by atoms with Crippen LogP contribution < -0.4 is 14.8 Å². The highest BCUT2D eigenvalue weighted by molar-refractivity contribution is 7.20. The number of amides is 1. The van der Waals surface area contributed by atoms with Crippen molar-refractivity contribution in [3.05, 3.63) is 40.4 Å². The second-order valence-corrected chi connectivity index (χ2v) is 6.76. The predicted molar refractivity (Wildman–Crippen MR) is 98.9 cm³/mol. The van der Waals surface area contributed by atoms with E-state index in [1.54, 1.807) is 14.2 Å². The van der Waals surface area contributed by atoms with Gasteiger partial charge in [-0.05, 0) is 37.1 Å². The molecule has 3 rings (SSSR count). The van der Waals surface area contributed by atoms with Gasteiger partial charge in [0.2, 0.25) is 0 Å².